The smallest absolute Gasteiger partial charge is 0.186 e. The Morgan fingerprint density at radius 1 is 1.58 bits per heavy atom. The third-order valence-corrected chi connectivity index (χ3v) is 4.94. The largest absolute Gasteiger partial charge is 0.392 e. The number of nitrogens with zero attached hydrogens (tertiary/aromatic N) is 2. The number of carbonyl (C=O) groups excluding carboxylic acids is 1. The molecule has 0 saturated carbocycles. The van der Waals surface area contributed by atoms with Gasteiger partial charge in [0.05, 0.1) is 21.3 Å². The quantitative estimate of drug-likeness (QED) is 0.824. The van der Waals surface area contributed by atoms with Crippen LogP contribution in [-0.2, 0) is 0 Å². The fourth-order valence-electron chi connectivity index (χ4n) is 2.49. The summed E-state index contributed by atoms with van der Waals surface area (Å²) in [5.74, 6) is 0.133. The van der Waals surface area contributed by atoms with Gasteiger partial charge in [-0.15, -0.1) is 11.3 Å². The SMILES string of the molecule is CN(C)CC1CC(O)CN1CC(=O)c1ccc(Br)s1. The zero-order valence-corrected chi connectivity index (χ0v) is 13.6. The molecular weight excluding hydrogens is 328 g/mol. The number of carbonyl (C=O) groups is 1. The first-order valence-corrected chi connectivity index (χ1v) is 7.92. The van der Waals surface area contributed by atoms with Crippen LogP contribution < -0.4 is 0 Å². The number of Topliss-reactive ketones (excluding diaryl/α,β-unsaturated/α-hetero) is 1. The summed E-state index contributed by atoms with van der Waals surface area (Å²) in [6, 6.07) is 4.01. The molecule has 2 unspecified atom stereocenters. The second-order valence-corrected chi connectivity index (χ2v) is 7.72. The molecule has 0 aromatic carbocycles. The molecular formula is C13H19BrN2O2S. The first-order valence-electron chi connectivity index (χ1n) is 6.31. The predicted octanol–water partition coefficient (Wildman–Crippen LogP) is 1.69. The molecule has 1 fully saturated rings. The molecule has 2 heterocycles. The first-order chi connectivity index (χ1) is 8.95. The van der Waals surface area contributed by atoms with E-state index in [4.69, 9.17) is 0 Å². The number of aliphatic hydroxyl groups excluding tert-OH is 1. The van der Waals surface area contributed by atoms with Gasteiger partial charge in [0.2, 0.25) is 0 Å². The van der Waals surface area contributed by atoms with Crippen molar-refractivity contribution in [3.8, 4) is 0 Å². The van der Waals surface area contributed by atoms with Gasteiger partial charge in [0.1, 0.15) is 0 Å². The van der Waals surface area contributed by atoms with Crippen molar-refractivity contribution in [1.82, 2.24) is 9.80 Å². The van der Waals surface area contributed by atoms with Gasteiger partial charge in [-0.25, -0.2) is 0 Å². The van der Waals surface area contributed by atoms with Crippen molar-refractivity contribution < 1.29 is 9.90 Å². The zero-order valence-electron chi connectivity index (χ0n) is 11.2. The van der Waals surface area contributed by atoms with Crippen molar-refractivity contribution in [3.63, 3.8) is 0 Å². The van der Waals surface area contributed by atoms with Crippen molar-refractivity contribution in [3.05, 3.63) is 20.8 Å². The Kier molecular flexibility index (Phi) is 5.14. The van der Waals surface area contributed by atoms with E-state index in [0.29, 0.717) is 13.1 Å². The van der Waals surface area contributed by atoms with Gasteiger partial charge in [-0.1, -0.05) is 0 Å². The van der Waals surface area contributed by atoms with Crippen LogP contribution in [0.15, 0.2) is 15.9 Å². The van der Waals surface area contributed by atoms with Crippen LogP contribution in [0.1, 0.15) is 16.1 Å². The Labute approximate surface area is 126 Å². The molecule has 2 rings (SSSR count). The number of hydrogen-bond acceptors (Lipinski definition) is 5. The molecule has 0 bridgehead atoms. The fraction of sp³-hybridized carbons (Fsp3) is 0.615. The number of likely N-dealkylation sites (N-methyl/N-ethyl adjacent to an activating group) is 1. The second kappa shape index (κ2) is 6.45. The van der Waals surface area contributed by atoms with Gasteiger partial charge >= 0.3 is 0 Å². The Balaban J connectivity index is 1.98. The van der Waals surface area contributed by atoms with Gasteiger partial charge in [0, 0.05) is 19.1 Å². The van der Waals surface area contributed by atoms with E-state index >= 15 is 0 Å². The normalized spacial score (nSPS) is 24.3. The summed E-state index contributed by atoms with van der Waals surface area (Å²) in [7, 11) is 4.03. The predicted molar refractivity (Wildman–Crippen MR) is 80.9 cm³/mol. The summed E-state index contributed by atoms with van der Waals surface area (Å²) in [5.41, 5.74) is 0. The van der Waals surface area contributed by atoms with Crippen LogP contribution in [0.4, 0.5) is 0 Å². The average Bonchev–Trinajstić information content (AvgIpc) is 2.85. The summed E-state index contributed by atoms with van der Waals surface area (Å²) < 4.78 is 0.974. The molecule has 0 amide bonds. The number of ketones is 1. The van der Waals surface area contributed by atoms with Crippen molar-refractivity contribution in [1.29, 1.82) is 0 Å². The zero-order chi connectivity index (χ0) is 14.0. The van der Waals surface area contributed by atoms with Crippen LogP contribution >= 0.6 is 27.3 Å². The summed E-state index contributed by atoms with van der Waals surface area (Å²) in [4.78, 5) is 17.2. The van der Waals surface area contributed by atoms with E-state index in [2.05, 4.69) is 25.7 Å². The molecule has 1 saturated heterocycles. The number of aliphatic hydroxyl groups is 1. The molecule has 4 nitrogen and oxygen atoms in total. The summed E-state index contributed by atoms with van der Waals surface area (Å²) in [6.45, 7) is 1.86. The lowest BCUT2D eigenvalue weighted by molar-refractivity contribution is 0.0906. The van der Waals surface area contributed by atoms with Crippen molar-refractivity contribution in [2.75, 3.05) is 33.7 Å². The molecule has 6 heteroatoms. The fourth-order valence-corrected chi connectivity index (χ4v) is 3.81. The summed E-state index contributed by atoms with van der Waals surface area (Å²) in [5, 5.41) is 9.79. The molecule has 1 aromatic rings. The van der Waals surface area contributed by atoms with E-state index in [-0.39, 0.29) is 17.9 Å². The monoisotopic (exact) mass is 346 g/mol. The standard InChI is InChI=1S/C13H19BrN2O2S/c1-15(2)6-9-5-10(17)7-16(9)8-11(18)12-3-4-13(14)19-12/h3-4,9-10,17H,5-8H2,1-2H3. The van der Waals surface area contributed by atoms with Crippen LogP contribution in [0, 0.1) is 0 Å². The molecule has 0 spiro atoms. The molecule has 0 aliphatic carbocycles. The number of thiophene rings is 1. The maximum atomic E-state index is 12.2. The van der Waals surface area contributed by atoms with E-state index in [0.717, 1.165) is 21.6 Å². The minimum absolute atomic E-state index is 0.133. The molecule has 1 N–H and O–H groups in total. The Morgan fingerprint density at radius 3 is 2.89 bits per heavy atom. The van der Waals surface area contributed by atoms with Gasteiger partial charge in [0.15, 0.2) is 5.78 Å². The lowest BCUT2D eigenvalue weighted by atomic mass is 10.2. The van der Waals surface area contributed by atoms with E-state index in [1.807, 2.05) is 26.2 Å². The van der Waals surface area contributed by atoms with E-state index in [1.165, 1.54) is 11.3 Å². The third-order valence-electron chi connectivity index (χ3n) is 3.28. The van der Waals surface area contributed by atoms with Crippen molar-refractivity contribution in [2.24, 2.45) is 0 Å². The number of rotatable bonds is 5. The van der Waals surface area contributed by atoms with Gasteiger partial charge in [-0.2, -0.15) is 0 Å². The van der Waals surface area contributed by atoms with Crippen molar-refractivity contribution >= 4 is 33.0 Å². The Bertz CT molecular complexity index is 450. The maximum Gasteiger partial charge on any atom is 0.186 e. The molecule has 2 atom stereocenters. The minimum Gasteiger partial charge on any atom is -0.392 e. The van der Waals surface area contributed by atoms with Gasteiger partial charge in [-0.3, -0.25) is 9.69 Å². The molecule has 1 aliphatic heterocycles. The average molecular weight is 347 g/mol. The first kappa shape index (κ1) is 15.1. The van der Waals surface area contributed by atoms with E-state index in [9.17, 15) is 9.90 Å². The van der Waals surface area contributed by atoms with Gasteiger partial charge in [0.25, 0.3) is 0 Å². The van der Waals surface area contributed by atoms with E-state index in [1.54, 1.807) is 0 Å². The third kappa shape index (κ3) is 4.10. The summed E-state index contributed by atoms with van der Waals surface area (Å²) in [6.07, 6.45) is 0.437. The van der Waals surface area contributed by atoms with Crippen LogP contribution in [0.3, 0.4) is 0 Å². The van der Waals surface area contributed by atoms with Crippen LogP contribution in [0.5, 0.6) is 0 Å². The lowest BCUT2D eigenvalue weighted by Gasteiger charge is -2.25. The van der Waals surface area contributed by atoms with Gasteiger partial charge in [-0.05, 0) is 48.6 Å². The Hall–Kier alpha value is -0.270. The topological polar surface area (TPSA) is 43.8 Å². The highest BCUT2D eigenvalue weighted by molar-refractivity contribution is 9.11. The Morgan fingerprint density at radius 2 is 2.32 bits per heavy atom. The number of β-amino-alcohol motifs (C(OH)–C–C–N with tert-alkyl or cyclic N) is 1. The van der Waals surface area contributed by atoms with Crippen LogP contribution in [-0.4, -0.2) is 66.6 Å². The lowest BCUT2D eigenvalue weighted by Crippen LogP contribution is -2.40. The molecule has 106 valence electrons. The molecule has 1 aromatic heterocycles. The highest BCUT2D eigenvalue weighted by Crippen LogP contribution is 2.24. The minimum atomic E-state index is -0.312. The number of halogens is 1. The highest BCUT2D eigenvalue weighted by Gasteiger charge is 2.32. The van der Waals surface area contributed by atoms with Gasteiger partial charge < -0.3 is 10.0 Å². The number of hydrogen-bond donors (Lipinski definition) is 1. The molecule has 19 heavy (non-hydrogen) atoms. The van der Waals surface area contributed by atoms with Crippen LogP contribution in [0.25, 0.3) is 0 Å². The second-order valence-electron chi connectivity index (χ2n) is 5.26. The van der Waals surface area contributed by atoms with Crippen molar-refractivity contribution in [2.45, 2.75) is 18.6 Å². The molecule has 0 radical (unpaired) electrons. The molecule has 1 aliphatic rings. The highest BCUT2D eigenvalue weighted by atomic mass is 79.9. The van der Waals surface area contributed by atoms with Crippen LogP contribution in [0.2, 0.25) is 0 Å². The number of likely N-dealkylation sites (tertiary alicyclic amines) is 1. The maximum absolute atomic E-state index is 12.2. The van der Waals surface area contributed by atoms with E-state index < -0.39 is 0 Å². The summed E-state index contributed by atoms with van der Waals surface area (Å²) >= 11 is 4.84.